The Hall–Kier alpha value is -1.76. The van der Waals surface area contributed by atoms with Crippen molar-refractivity contribution in [2.75, 3.05) is 13.2 Å². The molecule has 1 aromatic heterocycles. The molecule has 1 aliphatic rings. The molecular weight excluding hydrogens is 400 g/mol. The maximum absolute atomic E-state index is 11.7. The van der Waals surface area contributed by atoms with Gasteiger partial charge in [0.15, 0.2) is 0 Å². The van der Waals surface area contributed by atoms with Gasteiger partial charge in [-0.2, -0.15) is 4.37 Å². The summed E-state index contributed by atoms with van der Waals surface area (Å²) in [4.78, 5) is 22.7. The largest absolute Gasteiger partial charge is 0.475 e. The van der Waals surface area contributed by atoms with Crippen molar-refractivity contribution in [2.45, 2.75) is 85.0 Å². The average molecular weight is 437 g/mol. The number of ether oxygens (including phenoxy) is 2. The highest BCUT2D eigenvalue weighted by atomic mass is 32.1. The third-order valence-corrected chi connectivity index (χ3v) is 5.93. The van der Waals surface area contributed by atoms with Crippen LogP contribution in [0.5, 0.6) is 5.88 Å². The summed E-state index contributed by atoms with van der Waals surface area (Å²) >= 11 is 1.21. The van der Waals surface area contributed by atoms with Crippen LogP contribution in [0.15, 0.2) is 6.08 Å². The van der Waals surface area contributed by atoms with E-state index in [0.29, 0.717) is 30.9 Å². The molecule has 168 valence electrons. The predicted octanol–water partition coefficient (Wildman–Crippen LogP) is 5.62. The second-order valence-electron chi connectivity index (χ2n) is 8.43. The first-order chi connectivity index (χ1) is 14.5. The van der Waals surface area contributed by atoms with Gasteiger partial charge in [0.25, 0.3) is 5.88 Å². The molecule has 1 aromatic rings. The van der Waals surface area contributed by atoms with Crippen molar-refractivity contribution in [3.8, 4) is 5.88 Å². The molecule has 2 atom stereocenters. The van der Waals surface area contributed by atoms with E-state index in [1.807, 2.05) is 0 Å². The molecule has 1 aliphatic carbocycles. The number of Topliss-reactive ketones (excluding diaryl/α,β-unsaturated/α-hetero) is 1. The van der Waals surface area contributed by atoms with E-state index in [2.05, 4.69) is 28.7 Å². The van der Waals surface area contributed by atoms with Crippen molar-refractivity contribution >= 4 is 29.1 Å². The van der Waals surface area contributed by atoms with Crippen LogP contribution in [-0.4, -0.2) is 33.7 Å². The van der Waals surface area contributed by atoms with Crippen LogP contribution in [0.25, 0.3) is 5.57 Å². The predicted molar refractivity (Wildman–Crippen MR) is 120 cm³/mol. The maximum Gasteiger partial charge on any atom is 0.306 e. The molecule has 7 heteroatoms. The van der Waals surface area contributed by atoms with Gasteiger partial charge in [0, 0.05) is 6.42 Å². The molecule has 0 aromatic carbocycles. The first kappa shape index (κ1) is 24.5. The van der Waals surface area contributed by atoms with Crippen LogP contribution >= 0.6 is 11.7 Å². The quantitative estimate of drug-likeness (QED) is 0.278. The fourth-order valence-corrected chi connectivity index (χ4v) is 4.31. The summed E-state index contributed by atoms with van der Waals surface area (Å²) in [5.74, 6) is 1.24. The van der Waals surface area contributed by atoms with Crippen LogP contribution in [0.3, 0.4) is 0 Å². The van der Waals surface area contributed by atoms with Gasteiger partial charge in [-0.3, -0.25) is 4.79 Å². The fraction of sp³-hybridized carbons (Fsp3) is 0.739. The second-order valence-corrected chi connectivity index (χ2v) is 8.96. The number of allylic oxidation sites excluding steroid dienone is 2. The van der Waals surface area contributed by atoms with Crippen molar-refractivity contribution in [3.63, 3.8) is 0 Å². The van der Waals surface area contributed by atoms with Gasteiger partial charge < -0.3 is 14.3 Å². The normalized spacial score (nSPS) is 17.3. The summed E-state index contributed by atoms with van der Waals surface area (Å²) in [7, 11) is 0. The van der Waals surface area contributed by atoms with Gasteiger partial charge in [-0.05, 0) is 56.4 Å². The van der Waals surface area contributed by atoms with Gasteiger partial charge in [0.1, 0.15) is 11.5 Å². The van der Waals surface area contributed by atoms with Crippen molar-refractivity contribution in [2.24, 2.45) is 11.8 Å². The van der Waals surface area contributed by atoms with E-state index < -0.39 is 0 Å². The number of unbranched alkanes of at least 4 members (excludes halogenated alkanes) is 3. The summed E-state index contributed by atoms with van der Waals surface area (Å²) in [5.41, 5.74) is 2.14. The molecule has 0 fully saturated rings. The minimum absolute atomic E-state index is 0.0161. The molecule has 0 spiro atoms. The SMILES string of the molecule is CCCCCCOc1nsnc1C1=CCCC(CC(C)COC(=O)CCC(C)=O)C1. The topological polar surface area (TPSA) is 78.4 Å². The van der Waals surface area contributed by atoms with Gasteiger partial charge in [0.2, 0.25) is 0 Å². The number of aromatic nitrogens is 2. The number of nitrogens with zero attached hydrogens (tertiary/aromatic N) is 2. The van der Waals surface area contributed by atoms with Crippen LogP contribution in [0.1, 0.15) is 90.7 Å². The van der Waals surface area contributed by atoms with E-state index in [1.54, 1.807) is 0 Å². The zero-order chi connectivity index (χ0) is 21.8. The molecule has 1 heterocycles. The third kappa shape index (κ3) is 8.94. The van der Waals surface area contributed by atoms with Crippen LogP contribution in [0.2, 0.25) is 0 Å². The molecule has 0 amide bonds. The second kappa shape index (κ2) is 13.5. The summed E-state index contributed by atoms with van der Waals surface area (Å²) < 4.78 is 20.1. The number of esters is 1. The lowest BCUT2D eigenvalue weighted by atomic mass is 9.82. The smallest absolute Gasteiger partial charge is 0.306 e. The lowest BCUT2D eigenvalue weighted by molar-refractivity contribution is -0.146. The van der Waals surface area contributed by atoms with Gasteiger partial charge in [-0.1, -0.05) is 39.2 Å². The highest BCUT2D eigenvalue weighted by molar-refractivity contribution is 6.99. The lowest BCUT2D eigenvalue weighted by Crippen LogP contribution is -2.17. The summed E-state index contributed by atoms with van der Waals surface area (Å²) in [6.45, 7) is 6.92. The van der Waals surface area contributed by atoms with Crippen LogP contribution < -0.4 is 4.74 Å². The molecule has 0 bridgehead atoms. The van der Waals surface area contributed by atoms with Crippen molar-refractivity contribution < 1.29 is 19.1 Å². The first-order valence-corrected chi connectivity index (χ1v) is 12.0. The number of ketones is 1. The van der Waals surface area contributed by atoms with E-state index in [0.717, 1.165) is 37.8 Å². The minimum Gasteiger partial charge on any atom is -0.475 e. The number of rotatable bonds is 14. The summed E-state index contributed by atoms with van der Waals surface area (Å²) in [5, 5.41) is 0. The number of hydrogen-bond acceptors (Lipinski definition) is 7. The van der Waals surface area contributed by atoms with E-state index >= 15 is 0 Å². The van der Waals surface area contributed by atoms with Crippen LogP contribution in [0.4, 0.5) is 0 Å². The molecule has 2 rings (SSSR count). The molecule has 0 saturated carbocycles. The minimum atomic E-state index is -0.282. The average Bonchev–Trinajstić information content (AvgIpc) is 3.19. The third-order valence-electron chi connectivity index (χ3n) is 5.42. The monoisotopic (exact) mass is 436 g/mol. The van der Waals surface area contributed by atoms with E-state index in [1.165, 1.54) is 43.5 Å². The molecule has 6 nitrogen and oxygen atoms in total. The Morgan fingerprint density at radius 2 is 2.07 bits per heavy atom. The number of carbonyl (C=O) groups is 2. The molecular formula is C23H36N2O4S. The molecule has 0 radical (unpaired) electrons. The zero-order valence-electron chi connectivity index (χ0n) is 18.7. The Bertz CT molecular complexity index is 701. The highest BCUT2D eigenvalue weighted by Crippen LogP contribution is 2.37. The first-order valence-electron chi connectivity index (χ1n) is 11.3. The number of hydrogen-bond donors (Lipinski definition) is 0. The van der Waals surface area contributed by atoms with E-state index in [4.69, 9.17) is 9.47 Å². The van der Waals surface area contributed by atoms with Gasteiger partial charge in [-0.25, -0.2) is 0 Å². The molecule has 0 saturated heterocycles. The van der Waals surface area contributed by atoms with Gasteiger partial charge >= 0.3 is 5.97 Å². The van der Waals surface area contributed by atoms with Gasteiger partial charge in [-0.15, -0.1) is 4.37 Å². The molecule has 0 N–H and O–H groups in total. The van der Waals surface area contributed by atoms with Crippen molar-refractivity contribution in [1.29, 1.82) is 0 Å². The van der Waals surface area contributed by atoms with Crippen LogP contribution in [-0.2, 0) is 14.3 Å². The molecule has 30 heavy (non-hydrogen) atoms. The van der Waals surface area contributed by atoms with E-state index in [9.17, 15) is 9.59 Å². The summed E-state index contributed by atoms with van der Waals surface area (Å²) in [6.07, 6.45) is 11.5. The summed E-state index contributed by atoms with van der Waals surface area (Å²) in [6, 6.07) is 0. The zero-order valence-corrected chi connectivity index (χ0v) is 19.5. The standard InChI is InChI=1S/C23H36N2O4S/c1-4-5-6-7-13-28-23-22(24-30-25-23)20-10-8-9-19(15-20)14-17(2)16-29-21(27)12-11-18(3)26/h10,17,19H,4-9,11-16H2,1-3H3. The highest BCUT2D eigenvalue weighted by Gasteiger charge is 2.23. The molecule has 0 aliphatic heterocycles. The Morgan fingerprint density at radius 1 is 1.23 bits per heavy atom. The molecule has 2 unspecified atom stereocenters. The number of carbonyl (C=O) groups excluding carboxylic acids is 2. The Morgan fingerprint density at radius 3 is 2.83 bits per heavy atom. The van der Waals surface area contributed by atoms with Crippen molar-refractivity contribution in [1.82, 2.24) is 8.75 Å². The Kier molecular flexibility index (Phi) is 11.0. The van der Waals surface area contributed by atoms with Gasteiger partial charge in [0.05, 0.1) is 31.4 Å². The lowest BCUT2D eigenvalue weighted by Gasteiger charge is -2.25. The fourth-order valence-electron chi connectivity index (χ4n) is 3.78. The Balaban J connectivity index is 1.77. The Labute approximate surface area is 184 Å². The van der Waals surface area contributed by atoms with Crippen molar-refractivity contribution in [3.05, 3.63) is 11.8 Å². The van der Waals surface area contributed by atoms with Crippen LogP contribution in [0, 0.1) is 11.8 Å². The van der Waals surface area contributed by atoms with E-state index in [-0.39, 0.29) is 24.6 Å². The maximum atomic E-state index is 11.7.